The summed E-state index contributed by atoms with van der Waals surface area (Å²) in [5.41, 5.74) is 0.737. The first-order valence-electron chi connectivity index (χ1n) is 7.96. The van der Waals surface area contributed by atoms with Gasteiger partial charge in [0.1, 0.15) is 0 Å². The quantitative estimate of drug-likeness (QED) is 0.810. The molecule has 0 unspecified atom stereocenters. The molecule has 1 aliphatic rings. The van der Waals surface area contributed by atoms with E-state index in [1.807, 2.05) is 19.9 Å². The number of carbonyl (C=O) groups excluding carboxylic acids is 2. The summed E-state index contributed by atoms with van der Waals surface area (Å²) in [5, 5.41) is 8.80. The third-order valence-corrected chi connectivity index (χ3v) is 5.30. The Morgan fingerprint density at radius 2 is 1.87 bits per heavy atom. The molecule has 2 rings (SSSR count). The molecule has 2 heterocycles. The second-order valence-corrected chi connectivity index (χ2v) is 7.63. The smallest absolute Gasteiger partial charge is 0.303 e. The summed E-state index contributed by atoms with van der Waals surface area (Å²) in [5.74, 6) is -0.589. The van der Waals surface area contributed by atoms with Gasteiger partial charge in [-0.1, -0.05) is 0 Å². The highest BCUT2D eigenvalue weighted by atomic mass is 32.1. The Bertz CT molecular complexity index is 600. The van der Waals surface area contributed by atoms with Gasteiger partial charge in [0.25, 0.3) is 0 Å². The standard InChI is InChI=1S/C17H23NO4S/c1-11-9-14(12(2)23-11)15(19)3-4-16(20)18-7-5-13(6-8-18)10-17(21)22/h9,13H,3-8,10H2,1-2H3,(H,21,22). The molecule has 23 heavy (non-hydrogen) atoms. The van der Waals surface area contributed by atoms with E-state index in [1.165, 1.54) is 0 Å². The van der Waals surface area contributed by atoms with Crippen molar-refractivity contribution in [3.8, 4) is 0 Å². The molecule has 1 saturated heterocycles. The van der Waals surface area contributed by atoms with Gasteiger partial charge < -0.3 is 10.0 Å². The van der Waals surface area contributed by atoms with Crippen molar-refractivity contribution in [3.63, 3.8) is 0 Å². The molecular weight excluding hydrogens is 314 g/mol. The van der Waals surface area contributed by atoms with Crippen LogP contribution >= 0.6 is 11.3 Å². The number of likely N-dealkylation sites (tertiary alicyclic amines) is 1. The van der Waals surface area contributed by atoms with Crippen LogP contribution < -0.4 is 0 Å². The number of hydrogen-bond acceptors (Lipinski definition) is 4. The van der Waals surface area contributed by atoms with E-state index in [-0.39, 0.29) is 36.9 Å². The molecule has 1 fully saturated rings. The van der Waals surface area contributed by atoms with Crippen molar-refractivity contribution in [1.29, 1.82) is 0 Å². The van der Waals surface area contributed by atoms with Gasteiger partial charge >= 0.3 is 5.97 Å². The number of hydrogen-bond donors (Lipinski definition) is 1. The molecule has 1 N–H and O–H groups in total. The van der Waals surface area contributed by atoms with Crippen LogP contribution in [0.5, 0.6) is 0 Å². The number of nitrogens with zero attached hydrogens (tertiary/aromatic N) is 1. The van der Waals surface area contributed by atoms with Crippen molar-refractivity contribution in [3.05, 3.63) is 21.4 Å². The van der Waals surface area contributed by atoms with E-state index in [0.717, 1.165) is 28.2 Å². The molecule has 1 aromatic rings. The monoisotopic (exact) mass is 337 g/mol. The van der Waals surface area contributed by atoms with E-state index in [1.54, 1.807) is 16.2 Å². The minimum absolute atomic E-state index is 0.00303. The lowest BCUT2D eigenvalue weighted by Gasteiger charge is -2.31. The zero-order valence-corrected chi connectivity index (χ0v) is 14.4. The molecular formula is C17H23NO4S. The van der Waals surface area contributed by atoms with Gasteiger partial charge in [-0.3, -0.25) is 14.4 Å². The van der Waals surface area contributed by atoms with Gasteiger partial charge in [-0.05, 0) is 38.7 Å². The molecule has 0 aromatic carbocycles. The molecule has 0 radical (unpaired) electrons. The molecule has 1 aromatic heterocycles. The topological polar surface area (TPSA) is 74.7 Å². The van der Waals surface area contributed by atoms with Crippen molar-refractivity contribution in [2.45, 2.75) is 46.0 Å². The maximum absolute atomic E-state index is 12.2. The van der Waals surface area contributed by atoms with Crippen LogP contribution in [0.4, 0.5) is 0 Å². The Labute approximate surface area is 140 Å². The Hall–Kier alpha value is -1.69. The van der Waals surface area contributed by atoms with E-state index >= 15 is 0 Å². The highest BCUT2D eigenvalue weighted by Crippen LogP contribution is 2.23. The summed E-state index contributed by atoms with van der Waals surface area (Å²) < 4.78 is 0. The Balaban J connectivity index is 1.78. The number of Topliss-reactive ketones (excluding diaryl/α,β-unsaturated/α-hetero) is 1. The van der Waals surface area contributed by atoms with E-state index in [9.17, 15) is 14.4 Å². The second-order valence-electron chi connectivity index (χ2n) is 6.17. The number of carboxylic acid groups (broad SMARTS) is 1. The molecule has 0 bridgehead atoms. The molecule has 126 valence electrons. The lowest BCUT2D eigenvalue weighted by molar-refractivity contribution is -0.138. The van der Waals surface area contributed by atoms with Crippen molar-refractivity contribution in [2.24, 2.45) is 5.92 Å². The van der Waals surface area contributed by atoms with E-state index in [0.29, 0.717) is 13.1 Å². The van der Waals surface area contributed by atoms with Crippen LogP contribution in [-0.2, 0) is 9.59 Å². The summed E-state index contributed by atoms with van der Waals surface area (Å²) in [6.07, 6.45) is 2.11. The first-order valence-corrected chi connectivity index (χ1v) is 8.78. The predicted molar refractivity (Wildman–Crippen MR) is 88.9 cm³/mol. The van der Waals surface area contributed by atoms with Gasteiger partial charge in [-0.15, -0.1) is 11.3 Å². The van der Waals surface area contributed by atoms with Crippen LogP contribution in [0, 0.1) is 19.8 Å². The molecule has 0 saturated carbocycles. The maximum atomic E-state index is 12.2. The molecule has 1 aliphatic heterocycles. The Morgan fingerprint density at radius 1 is 1.22 bits per heavy atom. The second kappa shape index (κ2) is 7.73. The van der Waals surface area contributed by atoms with Crippen molar-refractivity contribution in [1.82, 2.24) is 4.90 Å². The minimum atomic E-state index is -0.776. The van der Waals surface area contributed by atoms with Crippen LogP contribution in [0.25, 0.3) is 0 Å². The Kier molecular flexibility index (Phi) is 5.93. The van der Waals surface area contributed by atoms with Crippen molar-refractivity contribution >= 4 is 29.0 Å². The van der Waals surface area contributed by atoms with Gasteiger partial charge in [0.05, 0.1) is 0 Å². The van der Waals surface area contributed by atoms with E-state index < -0.39 is 5.97 Å². The number of ketones is 1. The number of aryl methyl sites for hydroxylation is 2. The van der Waals surface area contributed by atoms with Gasteiger partial charge in [0, 0.05) is 47.7 Å². The number of thiophene rings is 1. The van der Waals surface area contributed by atoms with Gasteiger partial charge in [-0.25, -0.2) is 0 Å². The number of piperidine rings is 1. The van der Waals surface area contributed by atoms with Gasteiger partial charge in [-0.2, -0.15) is 0 Å². The zero-order valence-electron chi connectivity index (χ0n) is 13.6. The predicted octanol–water partition coefficient (Wildman–Crippen LogP) is 3.04. The van der Waals surface area contributed by atoms with Crippen LogP contribution in [-0.4, -0.2) is 40.8 Å². The summed E-state index contributed by atoms with van der Waals surface area (Å²) in [6.45, 7) is 5.10. The number of aliphatic carboxylic acids is 1. The molecule has 0 atom stereocenters. The summed E-state index contributed by atoms with van der Waals surface area (Å²) in [6, 6.07) is 1.89. The normalized spacial score (nSPS) is 15.7. The number of carbonyl (C=O) groups is 3. The van der Waals surface area contributed by atoms with Crippen LogP contribution in [0.15, 0.2) is 6.07 Å². The van der Waals surface area contributed by atoms with Crippen LogP contribution in [0.2, 0.25) is 0 Å². The van der Waals surface area contributed by atoms with Crippen LogP contribution in [0.3, 0.4) is 0 Å². The highest BCUT2D eigenvalue weighted by molar-refractivity contribution is 7.12. The molecule has 5 nitrogen and oxygen atoms in total. The average molecular weight is 337 g/mol. The van der Waals surface area contributed by atoms with Gasteiger partial charge in [0.2, 0.25) is 5.91 Å². The zero-order chi connectivity index (χ0) is 17.0. The molecule has 1 amide bonds. The number of amides is 1. The molecule has 6 heteroatoms. The van der Waals surface area contributed by atoms with E-state index in [4.69, 9.17) is 5.11 Å². The maximum Gasteiger partial charge on any atom is 0.303 e. The minimum Gasteiger partial charge on any atom is -0.481 e. The largest absolute Gasteiger partial charge is 0.481 e. The third kappa shape index (κ3) is 4.89. The Morgan fingerprint density at radius 3 is 2.39 bits per heavy atom. The fraction of sp³-hybridized carbons (Fsp3) is 0.588. The van der Waals surface area contributed by atoms with Crippen molar-refractivity contribution in [2.75, 3.05) is 13.1 Å². The summed E-state index contributed by atoms with van der Waals surface area (Å²) in [4.78, 5) is 39.0. The number of rotatable bonds is 6. The SMILES string of the molecule is Cc1cc(C(=O)CCC(=O)N2CCC(CC(=O)O)CC2)c(C)s1. The van der Waals surface area contributed by atoms with Gasteiger partial charge in [0.15, 0.2) is 5.78 Å². The average Bonchev–Trinajstić information content (AvgIpc) is 2.83. The fourth-order valence-electron chi connectivity index (χ4n) is 3.05. The number of carboxylic acids is 1. The lowest BCUT2D eigenvalue weighted by atomic mass is 9.93. The molecule has 0 aliphatic carbocycles. The highest BCUT2D eigenvalue weighted by Gasteiger charge is 2.24. The van der Waals surface area contributed by atoms with Crippen LogP contribution in [0.1, 0.15) is 52.2 Å². The van der Waals surface area contributed by atoms with Crippen molar-refractivity contribution < 1.29 is 19.5 Å². The first-order chi connectivity index (χ1) is 10.9. The third-order valence-electron chi connectivity index (χ3n) is 4.34. The lowest BCUT2D eigenvalue weighted by Crippen LogP contribution is -2.39. The fourth-order valence-corrected chi connectivity index (χ4v) is 4.00. The van der Waals surface area contributed by atoms with E-state index in [2.05, 4.69) is 0 Å². The summed E-state index contributed by atoms with van der Waals surface area (Å²) in [7, 11) is 0. The summed E-state index contributed by atoms with van der Waals surface area (Å²) >= 11 is 1.60. The first kappa shape index (κ1) is 17.7. The molecule has 0 spiro atoms.